The number of likely N-dealkylation sites (tertiary alicyclic amines) is 1. The third-order valence-electron chi connectivity index (χ3n) is 1.85. The van der Waals surface area contributed by atoms with Crippen molar-refractivity contribution in [1.82, 2.24) is 10.2 Å². The van der Waals surface area contributed by atoms with Crippen LogP contribution in [0.5, 0.6) is 0 Å². The van der Waals surface area contributed by atoms with Gasteiger partial charge in [0.25, 0.3) is 0 Å². The van der Waals surface area contributed by atoms with Crippen LogP contribution in [0.3, 0.4) is 0 Å². The van der Waals surface area contributed by atoms with E-state index in [1.54, 1.807) is 11.0 Å². The van der Waals surface area contributed by atoms with Crippen molar-refractivity contribution in [2.75, 3.05) is 19.6 Å². The molecule has 4 heteroatoms. The van der Waals surface area contributed by atoms with Gasteiger partial charge in [0, 0.05) is 19.6 Å². The first-order valence-electron chi connectivity index (χ1n) is 4.05. The molecular weight excluding hydrogens is 156 g/mol. The van der Waals surface area contributed by atoms with E-state index in [9.17, 15) is 4.79 Å². The molecule has 2 N–H and O–H groups in total. The van der Waals surface area contributed by atoms with E-state index in [1.165, 1.54) is 0 Å². The van der Waals surface area contributed by atoms with Crippen LogP contribution in [0.25, 0.3) is 0 Å². The van der Waals surface area contributed by atoms with Crippen molar-refractivity contribution in [1.29, 1.82) is 0 Å². The molecule has 1 rings (SSSR count). The molecule has 1 unspecified atom stereocenters. The molecule has 0 aromatic rings. The molecule has 68 valence electrons. The number of β-amino-alcohol motifs (C(OH)–C–C–N with tert-alkyl or cyclic N) is 1. The molecule has 0 aliphatic carbocycles. The number of aliphatic hydroxyl groups excluding tert-OH is 1. The van der Waals surface area contributed by atoms with Gasteiger partial charge in [-0.3, -0.25) is 0 Å². The maximum absolute atomic E-state index is 11.2. The zero-order valence-electron chi connectivity index (χ0n) is 6.99. The molecule has 12 heavy (non-hydrogen) atoms. The van der Waals surface area contributed by atoms with Gasteiger partial charge in [-0.1, -0.05) is 6.08 Å². The Labute approximate surface area is 71.9 Å². The van der Waals surface area contributed by atoms with E-state index in [0.717, 1.165) is 0 Å². The fraction of sp³-hybridized carbons (Fsp3) is 0.625. The van der Waals surface area contributed by atoms with Crippen LogP contribution in [0, 0.1) is 0 Å². The summed E-state index contributed by atoms with van der Waals surface area (Å²) in [6.45, 7) is 5.06. The minimum atomic E-state index is -0.348. The van der Waals surface area contributed by atoms with Gasteiger partial charge in [0.2, 0.25) is 0 Å². The van der Waals surface area contributed by atoms with Crippen molar-refractivity contribution in [3.05, 3.63) is 12.7 Å². The van der Waals surface area contributed by atoms with Gasteiger partial charge >= 0.3 is 6.03 Å². The minimum Gasteiger partial charge on any atom is -0.391 e. The topological polar surface area (TPSA) is 52.6 Å². The van der Waals surface area contributed by atoms with Crippen LogP contribution in [-0.4, -0.2) is 41.8 Å². The Kier molecular flexibility index (Phi) is 3.10. The second-order valence-electron chi connectivity index (χ2n) is 2.86. The average molecular weight is 170 g/mol. The first-order valence-corrected chi connectivity index (χ1v) is 4.05. The lowest BCUT2D eigenvalue weighted by atomic mass is 10.3. The molecule has 0 saturated carbocycles. The molecule has 0 bridgehead atoms. The van der Waals surface area contributed by atoms with E-state index in [1.807, 2.05) is 0 Å². The van der Waals surface area contributed by atoms with Crippen LogP contribution in [0.4, 0.5) is 4.79 Å². The van der Waals surface area contributed by atoms with Crippen molar-refractivity contribution < 1.29 is 9.90 Å². The predicted molar refractivity (Wildman–Crippen MR) is 45.8 cm³/mol. The predicted octanol–water partition coefficient (Wildman–Crippen LogP) is -0.0514. The summed E-state index contributed by atoms with van der Waals surface area (Å²) >= 11 is 0. The summed E-state index contributed by atoms with van der Waals surface area (Å²) < 4.78 is 0. The van der Waals surface area contributed by atoms with Gasteiger partial charge in [0.15, 0.2) is 0 Å². The third kappa shape index (κ3) is 2.23. The van der Waals surface area contributed by atoms with Crippen molar-refractivity contribution in [3.8, 4) is 0 Å². The Balaban J connectivity index is 2.28. The van der Waals surface area contributed by atoms with Gasteiger partial charge in [-0.25, -0.2) is 4.79 Å². The van der Waals surface area contributed by atoms with E-state index < -0.39 is 0 Å². The zero-order chi connectivity index (χ0) is 8.97. The number of urea groups is 1. The highest BCUT2D eigenvalue weighted by molar-refractivity contribution is 5.74. The zero-order valence-corrected chi connectivity index (χ0v) is 6.99. The fourth-order valence-corrected chi connectivity index (χ4v) is 1.20. The number of nitrogens with one attached hydrogen (secondary N) is 1. The molecule has 1 aliphatic heterocycles. The molecule has 1 heterocycles. The number of carbonyl (C=O) groups is 1. The molecule has 0 aromatic heterocycles. The quantitative estimate of drug-likeness (QED) is 0.571. The second-order valence-corrected chi connectivity index (χ2v) is 2.86. The lowest BCUT2D eigenvalue weighted by Gasteiger charge is -2.15. The van der Waals surface area contributed by atoms with E-state index in [-0.39, 0.29) is 12.1 Å². The van der Waals surface area contributed by atoms with Crippen LogP contribution < -0.4 is 5.32 Å². The minimum absolute atomic E-state index is 0.119. The first kappa shape index (κ1) is 9.06. The SMILES string of the molecule is C=CCNC(=O)N1CCC(O)C1. The van der Waals surface area contributed by atoms with Crippen molar-refractivity contribution in [3.63, 3.8) is 0 Å². The molecule has 4 nitrogen and oxygen atoms in total. The fourth-order valence-electron chi connectivity index (χ4n) is 1.20. The Bertz CT molecular complexity index is 182. The summed E-state index contributed by atoms with van der Waals surface area (Å²) in [5, 5.41) is 11.8. The van der Waals surface area contributed by atoms with Crippen molar-refractivity contribution in [2.45, 2.75) is 12.5 Å². The molecule has 0 radical (unpaired) electrons. The van der Waals surface area contributed by atoms with Crippen LogP contribution in [0.2, 0.25) is 0 Å². The third-order valence-corrected chi connectivity index (χ3v) is 1.85. The summed E-state index contributed by atoms with van der Waals surface area (Å²) in [6.07, 6.45) is 1.96. The number of nitrogens with zero attached hydrogens (tertiary/aromatic N) is 1. The molecule has 1 fully saturated rings. The lowest BCUT2D eigenvalue weighted by Crippen LogP contribution is -2.38. The van der Waals surface area contributed by atoms with E-state index >= 15 is 0 Å². The molecule has 0 aromatic carbocycles. The first-order chi connectivity index (χ1) is 5.74. The molecule has 1 aliphatic rings. The number of aliphatic hydroxyl groups is 1. The summed E-state index contributed by atoms with van der Waals surface area (Å²) in [4.78, 5) is 12.8. The number of hydrogen-bond acceptors (Lipinski definition) is 2. The monoisotopic (exact) mass is 170 g/mol. The lowest BCUT2D eigenvalue weighted by molar-refractivity contribution is 0.172. The summed E-state index contributed by atoms with van der Waals surface area (Å²) in [7, 11) is 0. The van der Waals surface area contributed by atoms with E-state index in [2.05, 4.69) is 11.9 Å². The standard InChI is InChI=1S/C8H14N2O2/c1-2-4-9-8(12)10-5-3-7(11)6-10/h2,7,11H,1,3-6H2,(H,9,12). The Morgan fingerprint density at radius 3 is 3.08 bits per heavy atom. The van der Waals surface area contributed by atoms with Crippen molar-refractivity contribution >= 4 is 6.03 Å². The molecule has 2 amide bonds. The average Bonchev–Trinajstić information content (AvgIpc) is 2.47. The number of hydrogen-bond donors (Lipinski definition) is 2. The molecule has 0 spiro atoms. The molecule has 1 saturated heterocycles. The maximum atomic E-state index is 11.2. The normalized spacial score (nSPS) is 22.4. The summed E-state index contributed by atoms with van der Waals surface area (Å²) in [5.41, 5.74) is 0. The second kappa shape index (κ2) is 4.11. The van der Waals surface area contributed by atoms with Crippen LogP contribution >= 0.6 is 0 Å². The van der Waals surface area contributed by atoms with Crippen LogP contribution in [0.15, 0.2) is 12.7 Å². The van der Waals surface area contributed by atoms with Gasteiger partial charge in [-0.2, -0.15) is 0 Å². The summed E-state index contributed by atoms with van der Waals surface area (Å²) in [6, 6.07) is -0.119. The van der Waals surface area contributed by atoms with Gasteiger partial charge in [-0.05, 0) is 6.42 Å². The number of rotatable bonds is 2. The van der Waals surface area contributed by atoms with Gasteiger partial charge in [-0.15, -0.1) is 6.58 Å². The highest BCUT2D eigenvalue weighted by Gasteiger charge is 2.23. The smallest absolute Gasteiger partial charge is 0.317 e. The Hall–Kier alpha value is -1.03. The number of amides is 2. The maximum Gasteiger partial charge on any atom is 0.317 e. The van der Waals surface area contributed by atoms with Crippen LogP contribution in [-0.2, 0) is 0 Å². The Morgan fingerprint density at radius 1 is 1.83 bits per heavy atom. The van der Waals surface area contributed by atoms with Crippen molar-refractivity contribution in [2.24, 2.45) is 0 Å². The van der Waals surface area contributed by atoms with Gasteiger partial charge in [0.1, 0.15) is 0 Å². The Morgan fingerprint density at radius 2 is 2.58 bits per heavy atom. The molecular formula is C8H14N2O2. The van der Waals surface area contributed by atoms with E-state index in [4.69, 9.17) is 5.11 Å². The highest BCUT2D eigenvalue weighted by Crippen LogP contribution is 2.07. The van der Waals surface area contributed by atoms with Crippen LogP contribution in [0.1, 0.15) is 6.42 Å². The number of carbonyl (C=O) groups excluding carboxylic acids is 1. The van der Waals surface area contributed by atoms with Gasteiger partial charge in [0.05, 0.1) is 6.10 Å². The van der Waals surface area contributed by atoms with Gasteiger partial charge < -0.3 is 15.3 Å². The molecule has 1 atom stereocenters. The summed E-state index contributed by atoms with van der Waals surface area (Å²) in [5.74, 6) is 0. The highest BCUT2D eigenvalue weighted by atomic mass is 16.3. The van der Waals surface area contributed by atoms with E-state index in [0.29, 0.717) is 26.1 Å². The largest absolute Gasteiger partial charge is 0.391 e.